The lowest BCUT2D eigenvalue weighted by atomic mass is 9.88. The summed E-state index contributed by atoms with van der Waals surface area (Å²) < 4.78 is 141. The molecule has 0 aliphatic carbocycles. The van der Waals surface area contributed by atoms with Gasteiger partial charge in [-0.2, -0.15) is 0 Å². The van der Waals surface area contributed by atoms with E-state index < -0.39 is 96.3 Å². The number of fused-ring (bicyclic) bond motifs is 5. The van der Waals surface area contributed by atoms with Gasteiger partial charge in [-0.05, 0) is 111 Å². The van der Waals surface area contributed by atoms with Crippen LogP contribution >= 0.6 is 0 Å². The number of para-hydroxylation sites is 3. The number of benzene rings is 9. The smallest absolute Gasteiger partial charge is 0.294 e. The van der Waals surface area contributed by atoms with E-state index in [1.54, 1.807) is 56.3 Å². The quantitative estimate of drug-likeness (QED) is 0.113. The Labute approximate surface area is 438 Å². The van der Waals surface area contributed by atoms with E-state index in [0.717, 1.165) is 27.4 Å². The highest BCUT2D eigenvalue weighted by atomic mass is 16.1. The summed E-state index contributed by atoms with van der Waals surface area (Å²) in [5.74, 6) is 0.681. The van der Waals surface area contributed by atoms with Gasteiger partial charge in [0.05, 0.1) is 70.7 Å². The van der Waals surface area contributed by atoms with Crippen molar-refractivity contribution in [1.82, 2.24) is 23.3 Å². The third-order valence-corrected chi connectivity index (χ3v) is 13.1. The first-order valence-electron chi connectivity index (χ1n) is 30.7. The zero-order chi connectivity index (χ0) is 61.6. The number of rotatable bonds is 8. The minimum atomic E-state index is -0.659. The largest absolute Gasteiger partial charge is 0.338 e. The summed E-state index contributed by atoms with van der Waals surface area (Å²) in [7, 11) is 0. The van der Waals surface area contributed by atoms with Gasteiger partial charge in [0.15, 0.2) is 0 Å². The number of hydrogen-bond acceptors (Lipinski definition) is 2. The maximum absolute atomic E-state index is 15.6. The Kier molecular flexibility index (Phi) is 6.98. The summed E-state index contributed by atoms with van der Waals surface area (Å²) >= 11 is 0. The second-order valence-electron chi connectivity index (χ2n) is 18.3. The molecule has 0 aliphatic heterocycles. The summed E-state index contributed by atoms with van der Waals surface area (Å²) in [6.07, 6.45) is 5.21. The molecule has 0 radical (unpaired) electrons. The molecular formula is C65H48N6O. The molecule has 72 heavy (non-hydrogen) atoms. The Hall–Kier alpha value is -9.33. The van der Waals surface area contributed by atoms with Crippen molar-refractivity contribution in [2.75, 3.05) is 0 Å². The second-order valence-corrected chi connectivity index (χ2v) is 18.3. The van der Waals surface area contributed by atoms with Crippen LogP contribution in [0.25, 0.3) is 106 Å². The topological polar surface area (TPSA) is 53.6 Å². The number of aromatic nitrogens is 6. The molecule has 0 atom stereocenters. The molecule has 13 aromatic rings. The van der Waals surface area contributed by atoms with E-state index in [9.17, 15) is 5.48 Å². The maximum atomic E-state index is 15.6. The van der Waals surface area contributed by atoms with Gasteiger partial charge in [-0.3, -0.25) is 22.8 Å². The molecule has 0 unspecified atom stereocenters. The summed E-state index contributed by atoms with van der Waals surface area (Å²) in [6, 6.07) is 32.6. The van der Waals surface area contributed by atoms with Crippen LogP contribution in [0.2, 0.25) is 0 Å². The van der Waals surface area contributed by atoms with Crippen LogP contribution in [0.5, 0.6) is 0 Å². The van der Waals surface area contributed by atoms with Crippen molar-refractivity contribution in [2.45, 2.75) is 26.2 Å². The van der Waals surface area contributed by atoms with Gasteiger partial charge in [0.25, 0.3) is 6.33 Å². The molecule has 13 rings (SSSR count). The molecule has 9 aromatic carbocycles. The molecule has 7 heteroatoms. The molecule has 0 saturated heterocycles. The van der Waals surface area contributed by atoms with Crippen molar-refractivity contribution >= 4 is 43.9 Å². The standard InChI is InChI=1S/C65H48N6O/c1-65(2,3)48-36-37-66-62(39-48)71-56-33-17-16-30-54(56)55-41-60-61(42-58(55)71)70(64(72)69(60)49-26-14-7-15-27-49)51-29-18-28-50(40-51)67-43-68(57-35-34-47(38-59(57)67)44-20-8-4-9-21-44)63-52(45-22-10-5-11-23-45)31-19-32-53(63)46-24-12-6-13-25-46/h4-42H,1-3H3/i4D,5D,6D,8D,9D,10D,11D,12D,13D,20D,21D,22D,23D,24D,25D. The van der Waals surface area contributed by atoms with Gasteiger partial charge in [-0.1, -0.05) is 184 Å². The Balaban J connectivity index is 1.14. The van der Waals surface area contributed by atoms with Crippen LogP contribution in [0.15, 0.2) is 241 Å². The highest BCUT2D eigenvalue weighted by Crippen LogP contribution is 2.38. The van der Waals surface area contributed by atoms with Crippen molar-refractivity contribution < 1.29 is 25.1 Å². The molecule has 7 nitrogen and oxygen atoms in total. The van der Waals surface area contributed by atoms with Crippen LogP contribution in [-0.2, 0) is 5.41 Å². The summed E-state index contributed by atoms with van der Waals surface area (Å²) in [5, 5.41) is 1.81. The van der Waals surface area contributed by atoms with E-state index in [-0.39, 0.29) is 55.5 Å². The van der Waals surface area contributed by atoms with Crippen LogP contribution < -0.4 is 10.3 Å². The van der Waals surface area contributed by atoms with Gasteiger partial charge >= 0.3 is 5.69 Å². The summed E-state index contributed by atoms with van der Waals surface area (Å²) in [4.78, 5) is 20.5. The Bertz CT molecular complexity index is 5020. The van der Waals surface area contributed by atoms with Gasteiger partial charge < -0.3 is 0 Å². The van der Waals surface area contributed by atoms with Gasteiger partial charge in [0.1, 0.15) is 5.82 Å². The van der Waals surface area contributed by atoms with E-state index >= 15 is 4.79 Å². The summed E-state index contributed by atoms with van der Waals surface area (Å²) in [5.41, 5.74) is 4.56. The van der Waals surface area contributed by atoms with E-state index in [1.807, 2.05) is 72.8 Å². The zero-order valence-corrected chi connectivity index (χ0v) is 38.9. The van der Waals surface area contributed by atoms with E-state index in [2.05, 4.69) is 37.7 Å². The normalized spacial score (nSPS) is 14.8. The second kappa shape index (κ2) is 17.0. The monoisotopic (exact) mass is 943 g/mol. The fraction of sp³-hybridized carbons (Fsp3) is 0.0615. The number of imidazole rings is 2. The zero-order valence-electron chi connectivity index (χ0n) is 53.9. The third kappa shape index (κ3) is 7.08. The first-order valence-corrected chi connectivity index (χ1v) is 23.2. The van der Waals surface area contributed by atoms with Crippen molar-refractivity contribution in [3.8, 4) is 61.9 Å². The third-order valence-electron chi connectivity index (χ3n) is 13.1. The minimum Gasteiger partial charge on any atom is -0.294 e. The van der Waals surface area contributed by atoms with E-state index in [1.165, 1.54) is 28.8 Å². The van der Waals surface area contributed by atoms with Crippen LogP contribution in [0.3, 0.4) is 0 Å². The average Bonchev–Trinajstić information content (AvgIpc) is 1.77. The fourth-order valence-corrected chi connectivity index (χ4v) is 9.73. The van der Waals surface area contributed by atoms with E-state index in [0.29, 0.717) is 33.9 Å². The summed E-state index contributed by atoms with van der Waals surface area (Å²) in [6.45, 7) is 6.41. The van der Waals surface area contributed by atoms with Gasteiger partial charge in [0.2, 0.25) is 0 Å². The van der Waals surface area contributed by atoms with Gasteiger partial charge in [-0.25, -0.2) is 9.78 Å². The van der Waals surface area contributed by atoms with E-state index in [4.69, 9.17) is 20.1 Å². The highest BCUT2D eigenvalue weighted by molar-refractivity contribution is 6.13. The molecule has 0 spiro atoms. The van der Waals surface area contributed by atoms with Gasteiger partial charge in [0, 0.05) is 22.7 Å². The SMILES string of the molecule is [2H]c1c([2H])c([2H])c(-c2ccc3c(c2)n(-c2cccc(-n4c(=O)n(-c5ccccc5)c5cc6c7ccccc7n(-c7cc(C(C)(C)C)ccn7)c6cc54)c2)[c-][n+]3-c2c(-c3c([2H])c([2H])c([2H])c([2H])c3[2H])cccc2-c2c([2H])c([2H])c([2H])c([2H])c2[2H])c([2H])c1[2H]. The lowest BCUT2D eigenvalue weighted by molar-refractivity contribution is -0.571. The number of hydrogen-bond donors (Lipinski definition) is 0. The number of nitrogens with zero attached hydrogens (tertiary/aromatic N) is 6. The van der Waals surface area contributed by atoms with Crippen molar-refractivity contribution in [3.63, 3.8) is 0 Å². The maximum Gasteiger partial charge on any atom is 0.338 e. The van der Waals surface area contributed by atoms with Crippen molar-refractivity contribution in [2.24, 2.45) is 0 Å². The molecular weight excluding hydrogens is 881 g/mol. The Morgan fingerprint density at radius 3 is 1.81 bits per heavy atom. The van der Waals surface area contributed by atoms with Crippen molar-refractivity contribution in [1.29, 1.82) is 0 Å². The molecule has 344 valence electrons. The van der Waals surface area contributed by atoms with Crippen LogP contribution in [0.4, 0.5) is 0 Å². The highest BCUT2D eigenvalue weighted by Gasteiger charge is 2.24. The predicted molar refractivity (Wildman–Crippen MR) is 293 cm³/mol. The fourth-order valence-electron chi connectivity index (χ4n) is 9.73. The molecule has 0 aliphatic rings. The van der Waals surface area contributed by atoms with Crippen LogP contribution in [0, 0.1) is 6.33 Å². The molecule has 0 amide bonds. The van der Waals surface area contributed by atoms with Gasteiger partial charge in [-0.15, -0.1) is 0 Å². The minimum absolute atomic E-state index is 0.00982. The molecule has 0 N–H and O–H groups in total. The molecule has 0 fully saturated rings. The van der Waals surface area contributed by atoms with Crippen molar-refractivity contribution in [3.05, 3.63) is 259 Å². The first kappa shape index (κ1) is 29.6. The molecule has 0 saturated carbocycles. The average molecular weight is 944 g/mol. The lowest BCUT2D eigenvalue weighted by Gasteiger charge is -2.20. The molecule has 0 bridgehead atoms. The Morgan fingerprint density at radius 1 is 0.486 bits per heavy atom. The van der Waals surface area contributed by atoms with Crippen LogP contribution in [-0.4, -0.2) is 23.3 Å². The number of pyridine rings is 1. The molecule has 4 aromatic heterocycles. The molecule has 4 heterocycles. The first-order chi connectivity index (χ1) is 41.5. The Morgan fingerprint density at radius 2 is 1.10 bits per heavy atom. The predicted octanol–water partition coefficient (Wildman–Crippen LogP) is 14.6. The lowest BCUT2D eigenvalue weighted by Crippen LogP contribution is -2.31. The van der Waals surface area contributed by atoms with Crippen LogP contribution in [0.1, 0.15) is 46.9 Å².